The fourth-order valence-corrected chi connectivity index (χ4v) is 3.39. The predicted octanol–water partition coefficient (Wildman–Crippen LogP) is 3.07. The highest BCUT2D eigenvalue weighted by Gasteiger charge is 2.37. The monoisotopic (exact) mass is 322 g/mol. The SMILES string of the molecule is NC1(C(=O)Nc2nnc(-c3cccc(Cl)c3)s2)CCCC1. The number of amides is 1. The van der Waals surface area contributed by atoms with Crippen LogP contribution in [-0.4, -0.2) is 21.6 Å². The Morgan fingerprint density at radius 2 is 2.10 bits per heavy atom. The number of nitrogens with two attached hydrogens (primary N) is 1. The van der Waals surface area contributed by atoms with Crippen LogP contribution in [0.2, 0.25) is 5.02 Å². The quantitative estimate of drug-likeness (QED) is 0.910. The molecule has 1 amide bonds. The minimum atomic E-state index is -0.762. The van der Waals surface area contributed by atoms with E-state index in [4.69, 9.17) is 17.3 Å². The summed E-state index contributed by atoms with van der Waals surface area (Å²) in [7, 11) is 0. The van der Waals surface area contributed by atoms with E-state index >= 15 is 0 Å². The third-order valence-corrected chi connectivity index (χ3v) is 4.79. The van der Waals surface area contributed by atoms with Crippen molar-refractivity contribution in [3.63, 3.8) is 0 Å². The molecule has 1 aromatic carbocycles. The van der Waals surface area contributed by atoms with Crippen molar-refractivity contribution in [1.29, 1.82) is 0 Å². The molecule has 2 aromatic rings. The summed E-state index contributed by atoms with van der Waals surface area (Å²) in [6.07, 6.45) is 3.43. The van der Waals surface area contributed by atoms with Gasteiger partial charge in [0, 0.05) is 10.6 Å². The van der Waals surface area contributed by atoms with E-state index in [2.05, 4.69) is 15.5 Å². The van der Waals surface area contributed by atoms with Gasteiger partial charge in [0.2, 0.25) is 11.0 Å². The topological polar surface area (TPSA) is 80.9 Å². The Morgan fingerprint density at radius 3 is 2.81 bits per heavy atom. The van der Waals surface area contributed by atoms with Gasteiger partial charge in [-0.25, -0.2) is 0 Å². The molecule has 0 bridgehead atoms. The molecule has 0 unspecified atom stereocenters. The first-order valence-electron chi connectivity index (χ1n) is 6.77. The zero-order valence-electron chi connectivity index (χ0n) is 11.3. The van der Waals surface area contributed by atoms with Gasteiger partial charge in [-0.3, -0.25) is 10.1 Å². The van der Waals surface area contributed by atoms with E-state index in [9.17, 15) is 4.79 Å². The van der Waals surface area contributed by atoms with Crippen molar-refractivity contribution in [2.75, 3.05) is 5.32 Å². The molecule has 0 atom stereocenters. The number of anilines is 1. The third-order valence-electron chi connectivity index (χ3n) is 3.67. The smallest absolute Gasteiger partial charge is 0.246 e. The van der Waals surface area contributed by atoms with Crippen molar-refractivity contribution in [2.45, 2.75) is 31.2 Å². The van der Waals surface area contributed by atoms with Crippen molar-refractivity contribution in [2.24, 2.45) is 5.73 Å². The van der Waals surface area contributed by atoms with Crippen LogP contribution in [0, 0.1) is 0 Å². The highest BCUT2D eigenvalue weighted by molar-refractivity contribution is 7.18. The van der Waals surface area contributed by atoms with Crippen LogP contribution in [0.25, 0.3) is 10.6 Å². The van der Waals surface area contributed by atoms with Gasteiger partial charge in [0.1, 0.15) is 5.01 Å². The summed E-state index contributed by atoms with van der Waals surface area (Å²) < 4.78 is 0. The molecule has 0 saturated heterocycles. The van der Waals surface area contributed by atoms with Crippen LogP contribution in [0.3, 0.4) is 0 Å². The summed E-state index contributed by atoms with van der Waals surface area (Å²) in [5.41, 5.74) is 6.23. The molecule has 1 saturated carbocycles. The second-order valence-electron chi connectivity index (χ2n) is 5.24. The van der Waals surface area contributed by atoms with Gasteiger partial charge in [0.05, 0.1) is 5.54 Å². The molecule has 21 heavy (non-hydrogen) atoms. The summed E-state index contributed by atoms with van der Waals surface area (Å²) in [6.45, 7) is 0. The third kappa shape index (κ3) is 3.07. The number of hydrogen-bond donors (Lipinski definition) is 2. The van der Waals surface area contributed by atoms with Gasteiger partial charge in [-0.2, -0.15) is 0 Å². The Morgan fingerprint density at radius 1 is 1.33 bits per heavy atom. The number of rotatable bonds is 3. The fourth-order valence-electron chi connectivity index (χ4n) is 2.47. The van der Waals surface area contributed by atoms with Gasteiger partial charge >= 0.3 is 0 Å². The molecule has 1 fully saturated rings. The molecular formula is C14H15ClN4OS. The van der Waals surface area contributed by atoms with Gasteiger partial charge in [-0.15, -0.1) is 10.2 Å². The molecule has 1 aromatic heterocycles. The molecule has 0 aliphatic heterocycles. The first-order chi connectivity index (χ1) is 10.1. The highest BCUT2D eigenvalue weighted by Crippen LogP contribution is 2.31. The zero-order valence-corrected chi connectivity index (χ0v) is 12.9. The van der Waals surface area contributed by atoms with E-state index in [0.717, 1.165) is 31.2 Å². The normalized spacial score (nSPS) is 16.9. The first-order valence-corrected chi connectivity index (χ1v) is 7.96. The Bertz CT molecular complexity index is 666. The lowest BCUT2D eigenvalue weighted by Crippen LogP contribution is -2.48. The standard InChI is InChI=1S/C14H15ClN4OS/c15-10-5-3-4-9(8-10)11-18-19-13(21-11)17-12(20)14(16)6-1-2-7-14/h3-5,8H,1-2,6-7,16H2,(H,17,19,20). The number of hydrogen-bond acceptors (Lipinski definition) is 5. The number of nitrogens with one attached hydrogen (secondary N) is 1. The Kier molecular flexibility index (Phi) is 3.93. The Balaban J connectivity index is 1.75. The van der Waals surface area contributed by atoms with E-state index in [1.54, 1.807) is 6.07 Å². The summed E-state index contributed by atoms with van der Waals surface area (Å²) in [5, 5.41) is 12.7. The molecule has 7 heteroatoms. The minimum Gasteiger partial charge on any atom is -0.317 e. The summed E-state index contributed by atoms with van der Waals surface area (Å²) >= 11 is 7.27. The van der Waals surface area contributed by atoms with E-state index in [1.807, 2.05) is 18.2 Å². The largest absolute Gasteiger partial charge is 0.317 e. The van der Waals surface area contributed by atoms with Crippen molar-refractivity contribution in [1.82, 2.24) is 10.2 Å². The van der Waals surface area contributed by atoms with Gasteiger partial charge < -0.3 is 5.73 Å². The van der Waals surface area contributed by atoms with Crippen LogP contribution in [-0.2, 0) is 4.79 Å². The molecule has 1 heterocycles. The number of aromatic nitrogens is 2. The van der Waals surface area contributed by atoms with Crippen LogP contribution >= 0.6 is 22.9 Å². The van der Waals surface area contributed by atoms with Crippen molar-refractivity contribution < 1.29 is 4.79 Å². The lowest BCUT2D eigenvalue weighted by molar-refractivity contribution is -0.121. The van der Waals surface area contributed by atoms with E-state index in [-0.39, 0.29) is 5.91 Å². The predicted molar refractivity (Wildman–Crippen MR) is 84.4 cm³/mol. The van der Waals surface area contributed by atoms with E-state index in [0.29, 0.717) is 15.2 Å². The number of nitrogens with zero attached hydrogens (tertiary/aromatic N) is 2. The average Bonchev–Trinajstić information content (AvgIpc) is 3.09. The molecule has 0 spiro atoms. The molecule has 1 aliphatic carbocycles. The van der Waals surface area contributed by atoms with Gasteiger partial charge in [0.25, 0.3) is 0 Å². The van der Waals surface area contributed by atoms with Gasteiger partial charge in [-0.1, -0.05) is 47.9 Å². The van der Waals surface area contributed by atoms with Gasteiger partial charge in [-0.05, 0) is 25.0 Å². The Hall–Kier alpha value is -1.50. The number of carbonyl (C=O) groups is 1. The molecule has 3 rings (SSSR count). The van der Waals surface area contributed by atoms with Crippen molar-refractivity contribution in [3.8, 4) is 10.6 Å². The second-order valence-corrected chi connectivity index (χ2v) is 6.65. The molecule has 0 radical (unpaired) electrons. The maximum atomic E-state index is 12.2. The maximum absolute atomic E-state index is 12.2. The second kappa shape index (κ2) is 5.71. The average molecular weight is 323 g/mol. The lowest BCUT2D eigenvalue weighted by atomic mass is 9.98. The zero-order chi connectivity index (χ0) is 14.9. The molecule has 110 valence electrons. The van der Waals surface area contributed by atoms with Gasteiger partial charge in [0.15, 0.2) is 0 Å². The fraction of sp³-hybridized carbons (Fsp3) is 0.357. The van der Waals surface area contributed by atoms with Crippen LogP contribution in [0.5, 0.6) is 0 Å². The minimum absolute atomic E-state index is 0.172. The van der Waals surface area contributed by atoms with Crippen LogP contribution in [0.4, 0.5) is 5.13 Å². The number of benzene rings is 1. The summed E-state index contributed by atoms with van der Waals surface area (Å²) in [6, 6.07) is 7.37. The lowest BCUT2D eigenvalue weighted by Gasteiger charge is -2.20. The van der Waals surface area contributed by atoms with E-state index in [1.165, 1.54) is 11.3 Å². The first kappa shape index (κ1) is 14.4. The summed E-state index contributed by atoms with van der Waals surface area (Å²) in [5.74, 6) is -0.172. The molecule has 1 aliphatic rings. The van der Waals surface area contributed by atoms with Crippen LogP contribution < -0.4 is 11.1 Å². The molecule has 3 N–H and O–H groups in total. The Labute approximate surface area is 131 Å². The van der Waals surface area contributed by atoms with Crippen molar-refractivity contribution >= 4 is 34.0 Å². The maximum Gasteiger partial charge on any atom is 0.246 e. The highest BCUT2D eigenvalue weighted by atomic mass is 35.5. The number of halogens is 1. The number of carbonyl (C=O) groups excluding carboxylic acids is 1. The summed E-state index contributed by atoms with van der Waals surface area (Å²) in [4.78, 5) is 12.2. The van der Waals surface area contributed by atoms with Crippen LogP contribution in [0.1, 0.15) is 25.7 Å². The molecular weight excluding hydrogens is 308 g/mol. The molecule has 5 nitrogen and oxygen atoms in total. The van der Waals surface area contributed by atoms with Crippen molar-refractivity contribution in [3.05, 3.63) is 29.3 Å². The van der Waals surface area contributed by atoms with E-state index < -0.39 is 5.54 Å². The van der Waals surface area contributed by atoms with Crippen LogP contribution in [0.15, 0.2) is 24.3 Å².